The fraction of sp³-hybridized carbons (Fsp3) is 0.667. The van der Waals surface area contributed by atoms with Crippen molar-refractivity contribution in [2.24, 2.45) is 0 Å². The van der Waals surface area contributed by atoms with Crippen molar-refractivity contribution < 1.29 is 0 Å². The minimum absolute atomic E-state index is 0.190. The zero-order valence-corrected chi connectivity index (χ0v) is 13.1. The first-order valence-electron chi connectivity index (χ1n) is 7.30. The van der Waals surface area contributed by atoms with Gasteiger partial charge in [-0.25, -0.2) is 0 Å². The molecular weight excluding hydrogens is 216 g/mol. The van der Waals surface area contributed by atoms with E-state index in [4.69, 9.17) is 0 Å². The van der Waals surface area contributed by atoms with Gasteiger partial charge in [-0.15, -0.1) is 0 Å². The van der Waals surface area contributed by atoms with E-state index in [0.29, 0.717) is 0 Å². The molecule has 0 heterocycles. The van der Waals surface area contributed by atoms with Gasteiger partial charge in [0.1, 0.15) is 0 Å². The van der Waals surface area contributed by atoms with Crippen molar-refractivity contribution in [2.75, 3.05) is 0 Å². The predicted octanol–water partition coefficient (Wildman–Crippen LogP) is 5.64. The molecule has 0 aliphatic carbocycles. The Bertz CT molecular complexity index is 366. The van der Waals surface area contributed by atoms with Gasteiger partial charge in [0.25, 0.3) is 0 Å². The van der Waals surface area contributed by atoms with Gasteiger partial charge in [-0.1, -0.05) is 79.0 Å². The Morgan fingerprint density at radius 3 is 2.28 bits per heavy atom. The van der Waals surface area contributed by atoms with Crippen molar-refractivity contribution in [1.29, 1.82) is 0 Å². The molecule has 0 N–H and O–H groups in total. The topological polar surface area (TPSA) is 0 Å². The van der Waals surface area contributed by atoms with E-state index in [0.717, 1.165) is 0 Å². The Kier molecular flexibility index (Phi) is 5.01. The lowest BCUT2D eigenvalue weighted by atomic mass is 9.77. The minimum Gasteiger partial charge on any atom is -0.0654 e. The summed E-state index contributed by atoms with van der Waals surface area (Å²) < 4.78 is 0. The van der Waals surface area contributed by atoms with Gasteiger partial charge >= 0.3 is 0 Å². The molecule has 0 saturated heterocycles. The summed E-state index contributed by atoms with van der Waals surface area (Å²) in [5, 5.41) is 0. The molecule has 1 aromatic carbocycles. The largest absolute Gasteiger partial charge is 0.0654 e. The predicted molar refractivity (Wildman–Crippen MR) is 81.1 cm³/mol. The van der Waals surface area contributed by atoms with Gasteiger partial charge in [-0.05, 0) is 34.4 Å². The third-order valence-corrected chi connectivity index (χ3v) is 3.80. The maximum atomic E-state index is 3.39. The first-order valence-corrected chi connectivity index (χ1v) is 7.30. The molecule has 1 radical (unpaired) electrons. The quantitative estimate of drug-likeness (QED) is 0.589. The van der Waals surface area contributed by atoms with Crippen LogP contribution in [0.5, 0.6) is 0 Å². The van der Waals surface area contributed by atoms with Crippen molar-refractivity contribution in [3.05, 3.63) is 35.4 Å². The third kappa shape index (κ3) is 4.15. The van der Waals surface area contributed by atoms with E-state index in [-0.39, 0.29) is 10.8 Å². The first kappa shape index (κ1) is 15.3. The normalized spacial score (nSPS) is 12.8. The Morgan fingerprint density at radius 1 is 1.06 bits per heavy atom. The minimum atomic E-state index is 0.190. The van der Waals surface area contributed by atoms with Crippen molar-refractivity contribution in [3.63, 3.8) is 0 Å². The van der Waals surface area contributed by atoms with E-state index >= 15 is 0 Å². The first-order chi connectivity index (χ1) is 8.27. The summed E-state index contributed by atoms with van der Waals surface area (Å²) in [4.78, 5) is 0. The Hall–Kier alpha value is -0.780. The van der Waals surface area contributed by atoms with Crippen LogP contribution >= 0.6 is 0 Å². The van der Waals surface area contributed by atoms with Crippen LogP contribution in [0.15, 0.2) is 18.2 Å². The maximum Gasteiger partial charge on any atom is -0.0103 e. The molecule has 0 aliphatic rings. The summed E-state index contributed by atoms with van der Waals surface area (Å²) >= 11 is 0. The van der Waals surface area contributed by atoms with Crippen molar-refractivity contribution in [3.8, 4) is 0 Å². The van der Waals surface area contributed by atoms with Gasteiger partial charge in [-0.3, -0.25) is 0 Å². The molecule has 0 saturated carbocycles. The second-order valence-electron chi connectivity index (χ2n) is 7.08. The molecule has 0 nitrogen and oxygen atoms in total. The Morgan fingerprint density at radius 2 is 1.72 bits per heavy atom. The van der Waals surface area contributed by atoms with Crippen LogP contribution < -0.4 is 0 Å². The van der Waals surface area contributed by atoms with Crippen LogP contribution in [0, 0.1) is 6.07 Å². The van der Waals surface area contributed by atoms with Crippen molar-refractivity contribution in [1.82, 2.24) is 0 Å². The fourth-order valence-electron chi connectivity index (χ4n) is 2.28. The van der Waals surface area contributed by atoms with Gasteiger partial charge in [0, 0.05) is 0 Å². The summed E-state index contributed by atoms with van der Waals surface area (Å²) in [6.07, 6.45) is 5.24. The third-order valence-electron chi connectivity index (χ3n) is 3.80. The van der Waals surface area contributed by atoms with Gasteiger partial charge in [0.15, 0.2) is 0 Å². The molecule has 0 atom stereocenters. The van der Waals surface area contributed by atoms with Crippen LogP contribution in [0.3, 0.4) is 0 Å². The monoisotopic (exact) mass is 245 g/mol. The number of hydrogen-bond donors (Lipinski definition) is 0. The molecule has 0 bridgehead atoms. The molecule has 0 aromatic heterocycles. The van der Waals surface area contributed by atoms with E-state index in [9.17, 15) is 0 Å². The standard InChI is InChI=1S/C18H29/c1-7-8-9-13-18(5,6)16-12-10-11-15(14-16)17(2,3)4/h10,12,14H,7-9,13H2,1-6H3. The number of benzene rings is 1. The van der Waals surface area contributed by atoms with Crippen LogP contribution in [0.25, 0.3) is 0 Å². The van der Waals surface area contributed by atoms with Crippen molar-refractivity contribution >= 4 is 0 Å². The molecule has 0 heteroatoms. The smallest absolute Gasteiger partial charge is 0.0103 e. The highest BCUT2D eigenvalue weighted by atomic mass is 14.3. The average Bonchev–Trinajstić information content (AvgIpc) is 2.28. The second kappa shape index (κ2) is 5.91. The second-order valence-corrected chi connectivity index (χ2v) is 7.08. The molecule has 0 aliphatic heterocycles. The number of unbranched alkanes of at least 4 members (excludes halogenated alkanes) is 2. The highest BCUT2D eigenvalue weighted by Gasteiger charge is 2.22. The molecule has 101 valence electrons. The van der Waals surface area contributed by atoms with Gasteiger partial charge in [0.2, 0.25) is 0 Å². The summed E-state index contributed by atoms with van der Waals surface area (Å²) in [7, 11) is 0. The van der Waals surface area contributed by atoms with Crippen LogP contribution in [-0.2, 0) is 10.8 Å². The van der Waals surface area contributed by atoms with Crippen LogP contribution in [0.4, 0.5) is 0 Å². The molecule has 0 spiro atoms. The zero-order valence-electron chi connectivity index (χ0n) is 13.1. The molecule has 1 aromatic rings. The average molecular weight is 245 g/mol. The molecule has 0 unspecified atom stereocenters. The summed E-state index contributed by atoms with van der Waals surface area (Å²) in [6.45, 7) is 13.8. The van der Waals surface area contributed by atoms with E-state index in [1.807, 2.05) is 0 Å². The fourth-order valence-corrected chi connectivity index (χ4v) is 2.28. The van der Waals surface area contributed by atoms with Crippen molar-refractivity contribution in [2.45, 2.75) is 78.1 Å². The Balaban J connectivity index is 2.88. The highest BCUT2D eigenvalue weighted by Crippen LogP contribution is 2.32. The summed E-state index contributed by atoms with van der Waals surface area (Å²) in [5.74, 6) is 0. The molecule has 18 heavy (non-hydrogen) atoms. The molecular formula is C18H29. The zero-order chi connectivity index (χ0) is 13.8. The lowest BCUT2D eigenvalue weighted by molar-refractivity contribution is 0.448. The Labute approximate surface area is 114 Å². The van der Waals surface area contributed by atoms with E-state index in [2.05, 4.69) is 65.8 Å². The molecule has 0 amide bonds. The summed E-state index contributed by atoms with van der Waals surface area (Å²) in [6, 6.07) is 10.1. The van der Waals surface area contributed by atoms with Gasteiger partial charge < -0.3 is 0 Å². The highest BCUT2D eigenvalue weighted by molar-refractivity contribution is 5.31. The van der Waals surface area contributed by atoms with Gasteiger partial charge in [-0.2, -0.15) is 0 Å². The van der Waals surface area contributed by atoms with Crippen LogP contribution in [-0.4, -0.2) is 0 Å². The summed E-state index contributed by atoms with van der Waals surface area (Å²) in [5.41, 5.74) is 3.26. The lowest BCUT2D eigenvalue weighted by Crippen LogP contribution is -2.19. The van der Waals surface area contributed by atoms with Crippen LogP contribution in [0.2, 0.25) is 0 Å². The van der Waals surface area contributed by atoms with E-state index in [1.54, 1.807) is 0 Å². The van der Waals surface area contributed by atoms with E-state index < -0.39 is 0 Å². The van der Waals surface area contributed by atoms with Crippen LogP contribution in [0.1, 0.15) is 78.4 Å². The molecule has 1 rings (SSSR count). The number of hydrogen-bond acceptors (Lipinski definition) is 0. The molecule has 0 fully saturated rings. The maximum absolute atomic E-state index is 3.39. The lowest BCUT2D eigenvalue weighted by Gasteiger charge is -2.28. The van der Waals surface area contributed by atoms with E-state index in [1.165, 1.54) is 36.8 Å². The number of rotatable bonds is 5. The SMILES string of the molecule is CCCCCC(C)(C)c1cc[c]c(C(C)(C)C)c1. The van der Waals surface area contributed by atoms with Gasteiger partial charge in [0.05, 0.1) is 0 Å².